The van der Waals surface area contributed by atoms with Gasteiger partial charge in [-0.2, -0.15) is 0 Å². The SMILES string of the molecule is Cc1cccc(N(Cc2ccc(F)cc2Cl)C2=N[C@H]3CS(=O)(=O)C[C@@H]3S2)c1. The van der Waals surface area contributed by atoms with E-state index >= 15 is 0 Å². The maximum absolute atomic E-state index is 13.4. The van der Waals surface area contributed by atoms with E-state index in [9.17, 15) is 12.8 Å². The van der Waals surface area contributed by atoms with Crippen LogP contribution in [-0.4, -0.2) is 36.4 Å². The number of nitrogens with zero attached hydrogens (tertiary/aromatic N) is 2. The average molecular weight is 425 g/mol. The molecular weight excluding hydrogens is 407 g/mol. The monoisotopic (exact) mass is 424 g/mol. The number of anilines is 1. The number of aliphatic imine (C=N–C) groups is 1. The van der Waals surface area contributed by atoms with E-state index in [1.807, 2.05) is 36.1 Å². The fraction of sp³-hybridized carbons (Fsp3) is 0.316. The van der Waals surface area contributed by atoms with Gasteiger partial charge in [-0.3, -0.25) is 4.99 Å². The van der Waals surface area contributed by atoms with Gasteiger partial charge in [-0.05, 0) is 42.3 Å². The number of aryl methyl sites for hydroxylation is 1. The highest BCUT2D eigenvalue weighted by Gasteiger charge is 2.44. The van der Waals surface area contributed by atoms with E-state index in [4.69, 9.17) is 16.6 Å². The standard InChI is InChI=1S/C19H18ClFN2O2S2/c1-12-3-2-4-15(7-12)23(9-13-5-6-14(21)8-16(13)20)19-22-17-10-27(24,25)11-18(17)26-19/h2-8,17-18H,9-11H2,1H3/t17-,18-/m0/s1. The molecular formula is C19H18ClFN2O2S2. The molecule has 0 amide bonds. The first-order valence-electron chi connectivity index (χ1n) is 8.54. The van der Waals surface area contributed by atoms with E-state index in [-0.39, 0.29) is 28.6 Å². The van der Waals surface area contributed by atoms with Gasteiger partial charge in [0.05, 0.1) is 24.1 Å². The molecule has 8 heteroatoms. The Balaban J connectivity index is 1.69. The highest BCUT2D eigenvalue weighted by molar-refractivity contribution is 8.15. The molecule has 0 radical (unpaired) electrons. The molecule has 2 aliphatic heterocycles. The Bertz CT molecular complexity index is 1030. The molecule has 2 aromatic carbocycles. The Morgan fingerprint density at radius 3 is 2.78 bits per heavy atom. The van der Waals surface area contributed by atoms with Crippen molar-refractivity contribution in [3.63, 3.8) is 0 Å². The van der Waals surface area contributed by atoms with Gasteiger partial charge in [0.2, 0.25) is 0 Å². The molecule has 0 saturated carbocycles. The van der Waals surface area contributed by atoms with Gasteiger partial charge >= 0.3 is 0 Å². The molecule has 0 bridgehead atoms. The first kappa shape index (κ1) is 18.8. The van der Waals surface area contributed by atoms with Crippen LogP contribution in [0, 0.1) is 12.7 Å². The summed E-state index contributed by atoms with van der Waals surface area (Å²) in [7, 11) is -3.01. The minimum absolute atomic E-state index is 0.0407. The smallest absolute Gasteiger partial charge is 0.164 e. The second-order valence-corrected chi connectivity index (χ2v) is 10.6. The fourth-order valence-corrected chi connectivity index (χ4v) is 7.36. The van der Waals surface area contributed by atoms with Crippen LogP contribution in [-0.2, 0) is 16.4 Å². The van der Waals surface area contributed by atoms with E-state index < -0.39 is 9.84 Å². The predicted molar refractivity (Wildman–Crippen MR) is 110 cm³/mol. The summed E-state index contributed by atoms with van der Waals surface area (Å²) in [5, 5.41) is 1.10. The van der Waals surface area contributed by atoms with Crippen molar-refractivity contribution >= 4 is 44.1 Å². The Hall–Kier alpha value is -1.57. The van der Waals surface area contributed by atoms with E-state index in [2.05, 4.69) is 0 Å². The molecule has 4 nitrogen and oxygen atoms in total. The van der Waals surface area contributed by atoms with Crippen LogP contribution in [0.1, 0.15) is 11.1 Å². The quantitative estimate of drug-likeness (QED) is 0.745. The van der Waals surface area contributed by atoms with Crippen molar-refractivity contribution in [2.75, 3.05) is 16.4 Å². The summed E-state index contributed by atoms with van der Waals surface area (Å²) >= 11 is 7.74. The van der Waals surface area contributed by atoms with Crippen LogP contribution in [0.4, 0.5) is 10.1 Å². The first-order valence-corrected chi connectivity index (χ1v) is 11.6. The number of hydrogen-bond donors (Lipinski definition) is 0. The molecule has 2 atom stereocenters. The number of sulfone groups is 1. The molecule has 2 heterocycles. The summed E-state index contributed by atoms with van der Waals surface area (Å²) in [6, 6.07) is 12.2. The van der Waals surface area contributed by atoms with Gasteiger partial charge in [-0.25, -0.2) is 12.8 Å². The largest absolute Gasteiger partial charge is 0.317 e. The minimum Gasteiger partial charge on any atom is -0.317 e. The van der Waals surface area contributed by atoms with E-state index in [1.54, 1.807) is 6.07 Å². The summed E-state index contributed by atoms with van der Waals surface area (Å²) < 4.78 is 37.1. The highest BCUT2D eigenvalue weighted by Crippen LogP contribution is 2.38. The molecule has 4 rings (SSSR count). The van der Waals surface area contributed by atoms with Crippen molar-refractivity contribution in [3.05, 3.63) is 64.4 Å². The molecule has 2 aliphatic rings. The lowest BCUT2D eigenvalue weighted by Crippen LogP contribution is -2.28. The van der Waals surface area contributed by atoms with Gasteiger partial charge in [-0.1, -0.05) is 41.6 Å². The second kappa shape index (κ2) is 7.11. The number of fused-ring (bicyclic) bond motifs is 1. The van der Waals surface area contributed by atoms with Crippen LogP contribution in [0.5, 0.6) is 0 Å². The second-order valence-electron chi connectivity index (χ2n) is 6.87. The zero-order valence-corrected chi connectivity index (χ0v) is 17.0. The highest BCUT2D eigenvalue weighted by atomic mass is 35.5. The van der Waals surface area contributed by atoms with E-state index in [0.29, 0.717) is 11.6 Å². The van der Waals surface area contributed by atoms with Gasteiger partial charge < -0.3 is 4.90 Å². The van der Waals surface area contributed by atoms with Crippen LogP contribution in [0.15, 0.2) is 47.5 Å². The summed E-state index contributed by atoms with van der Waals surface area (Å²) in [4.78, 5) is 6.73. The molecule has 27 heavy (non-hydrogen) atoms. The lowest BCUT2D eigenvalue weighted by molar-refractivity contribution is 0.601. The van der Waals surface area contributed by atoms with Crippen LogP contribution in [0.3, 0.4) is 0 Å². The summed E-state index contributed by atoms with van der Waals surface area (Å²) in [5.74, 6) is -0.111. The maximum atomic E-state index is 13.4. The Morgan fingerprint density at radius 1 is 1.26 bits per heavy atom. The van der Waals surface area contributed by atoms with Gasteiger partial charge in [0.25, 0.3) is 0 Å². The Labute approximate surface area is 167 Å². The lowest BCUT2D eigenvalue weighted by atomic mass is 10.1. The van der Waals surface area contributed by atoms with Crippen LogP contribution < -0.4 is 4.90 Å². The zero-order valence-electron chi connectivity index (χ0n) is 14.6. The van der Waals surface area contributed by atoms with Crippen molar-refractivity contribution in [1.82, 2.24) is 0 Å². The number of rotatable bonds is 3. The molecule has 0 aliphatic carbocycles. The number of thioether (sulfide) groups is 1. The normalized spacial score (nSPS) is 23.1. The number of benzene rings is 2. The molecule has 1 saturated heterocycles. The van der Waals surface area contributed by atoms with E-state index in [1.165, 1.54) is 23.9 Å². The van der Waals surface area contributed by atoms with Gasteiger partial charge in [-0.15, -0.1) is 0 Å². The average Bonchev–Trinajstić information content (AvgIpc) is 3.07. The molecule has 2 aromatic rings. The van der Waals surface area contributed by atoms with Crippen molar-refractivity contribution in [1.29, 1.82) is 0 Å². The molecule has 0 unspecified atom stereocenters. The van der Waals surface area contributed by atoms with Crippen molar-refractivity contribution < 1.29 is 12.8 Å². The summed E-state index contributed by atoms with van der Waals surface area (Å²) in [6.07, 6.45) is 0. The number of amidine groups is 1. The van der Waals surface area contributed by atoms with Crippen LogP contribution in [0.2, 0.25) is 5.02 Å². The summed E-state index contributed by atoms with van der Waals surface area (Å²) in [5.41, 5.74) is 2.84. The third kappa shape index (κ3) is 4.00. The molecule has 1 fully saturated rings. The van der Waals surface area contributed by atoms with Crippen molar-refractivity contribution in [2.24, 2.45) is 4.99 Å². The first-order chi connectivity index (χ1) is 12.8. The van der Waals surface area contributed by atoms with Crippen molar-refractivity contribution in [3.8, 4) is 0 Å². The lowest BCUT2D eigenvalue weighted by Gasteiger charge is -2.25. The number of halogens is 2. The molecule has 0 spiro atoms. The fourth-order valence-electron chi connectivity index (χ4n) is 3.36. The van der Waals surface area contributed by atoms with E-state index in [0.717, 1.165) is 22.0 Å². The Kier molecular flexibility index (Phi) is 4.94. The number of hydrogen-bond acceptors (Lipinski definition) is 5. The van der Waals surface area contributed by atoms with Gasteiger partial charge in [0, 0.05) is 16.0 Å². The van der Waals surface area contributed by atoms with Gasteiger partial charge in [0.1, 0.15) is 5.82 Å². The topological polar surface area (TPSA) is 49.7 Å². The third-order valence-electron chi connectivity index (χ3n) is 4.69. The molecule has 142 valence electrons. The zero-order chi connectivity index (χ0) is 19.2. The Morgan fingerprint density at radius 2 is 2.07 bits per heavy atom. The van der Waals surface area contributed by atoms with Crippen LogP contribution in [0.25, 0.3) is 0 Å². The van der Waals surface area contributed by atoms with Gasteiger partial charge in [0.15, 0.2) is 15.0 Å². The predicted octanol–water partition coefficient (Wildman–Crippen LogP) is 4.06. The van der Waals surface area contributed by atoms with Crippen LogP contribution >= 0.6 is 23.4 Å². The van der Waals surface area contributed by atoms with Crippen molar-refractivity contribution in [2.45, 2.75) is 24.8 Å². The minimum atomic E-state index is -3.01. The third-order valence-corrected chi connectivity index (χ3v) is 8.29. The molecule has 0 N–H and O–H groups in total. The maximum Gasteiger partial charge on any atom is 0.164 e. The molecule has 0 aromatic heterocycles. The summed E-state index contributed by atoms with van der Waals surface area (Å²) in [6.45, 7) is 2.44.